The van der Waals surface area contributed by atoms with Crippen LogP contribution in [0.25, 0.3) is 88.3 Å². The number of hydrogen-bond acceptors (Lipinski definition) is 0. The van der Waals surface area contributed by atoms with E-state index in [1.54, 1.807) is 0 Å². The van der Waals surface area contributed by atoms with Crippen molar-refractivity contribution in [2.75, 3.05) is 0 Å². The fourth-order valence-corrected chi connectivity index (χ4v) is 9.50. The maximum absolute atomic E-state index is 2.32. The van der Waals surface area contributed by atoms with Gasteiger partial charge in [-0.05, 0) is 129 Å². The zero-order chi connectivity index (χ0) is 42.7. The molecule has 0 unspecified atom stereocenters. The largest absolute Gasteiger partial charge is 0.0622 e. The van der Waals surface area contributed by atoms with E-state index in [0.717, 1.165) is 0 Å². The van der Waals surface area contributed by atoms with E-state index in [-0.39, 0.29) is 0 Å². The second-order valence-corrected chi connectivity index (χ2v) is 16.4. The summed E-state index contributed by atoms with van der Waals surface area (Å²) in [6.07, 6.45) is 0. The van der Waals surface area contributed by atoms with E-state index in [9.17, 15) is 0 Å². The third-order valence-electron chi connectivity index (χ3n) is 12.5. The third kappa shape index (κ3) is 7.42. The number of benzene rings is 11. The van der Waals surface area contributed by atoms with Crippen molar-refractivity contribution in [1.82, 2.24) is 0 Å². The molecule has 0 spiro atoms. The Morgan fingerprint density at radius 3 is 0.734 bits per heavy atom. The zero-order valence-electron chi connectivity index (χ0n) is 35.4. The molecule has 0 heterocycles. The van der Waals surface area contributed by atoms with Crippen molar-refractivity contribution in [2.45, 2.75) is 0 Å². The van der Waals surface area contributed by atoms with Gasteiger partial charge in [0, 0.05) is 0 Å². The minimum Gasteiger partial charge on any atom is -0.0622 e. The average molecular weight is 813 g/mol. The third-order valence-corrected chi connectivity index (χ3v) is 12.5. The molecule has 0 aliphatic rings. The van der Waals surface area contributed by atoms with Crippen molar-refractivity contribution >= 4 is 32.7 Å². The van der Waals surface area contributed by atoms with Crippen molar-refractivity contribution in [3.8, 4) is 55.6 Å². The van der Waals surface area contributed by atoms with Crippen LogP contribution in [0, 0.1) is 0 Å². The second-order valence-electron chi connectivity index (χ2n) is 16.4. The standard InChI is InChI=1S/C64H44/c1-6-20-45(21-7-1)54-42-55(46-22-8-2-9-23-46)44-56(43-54)47-34-36-52(37-35-47)63-57-30-16-18-32-59(57)64(60-33-19-17-31-58(60)63)53-40-38-51(39-41-53)62(50-28-14-5-15-29-50)61(48-24-10-3-11-25-48)49-26-12-4-13-27-49/h1-44H. The first-order chi connectivity index (χ1) is 31.8. The Balaban J connectivity index is 1.03. The minimum atomic E-state index is 1.17. The SMILES string of the molecule is c1ccc(C(=C(c2ccccc2)c2ccc(-c3c4ccccc4c(-c4ccc(-c5cc(-c6ccccc6)cc(-c6ccccc6)c5)cc4)c4ccccc34)cc2)c2ccccc2)cc1. The van der Waals surface area contributed by atoms with Gasteiger partial charge in [-0.2, -0.15) is 0 Å². The predicted octanol–water partition coefficient (Wildman–Crippen LogP) is 17.3. The number of rotatable bonds is 9. The highest BCUT2D eigenvalue weighted by molar-refractivity contribution is 6.21. The molecule has 0 N–H and O–H groups in total. The fraction of sp³-hybridized carbons (Fsp3) is 0. The second kappa shape index (κ2) is 17.2. The van der Waals surface area contributed by atoms with Crippen molar-refractivity contribution in [2.24, 2.45) is 0 Å². The Morgan fingerprint density at radius 1 is 0.172 bits per heavy atom. The van der Waals surface area contributed by atoms with E-state index in [0.29, 0.717) is 0 Å². The summed E-state index contributed by atoms with van der Waals surface area (Å²) >= 11 is 0. The zero-order valence-corrected chi connectivity index (χ0v) is 35.4. The van der Waals surface area contributed by atoms with Crippen LogP contribution in [0.4, 0.5) is 0 Å². The van der Waals surface area contributed by atoms with Crippen LogP contribution in [0.15, 0.2) is 267 Å². The van der Waals surface area contributed by atoms with Gasteiger partial charge in [0.25, 0.3) is 0 Å². The fourth-order valence-electron chi connectivity index (χ4n) is 9.50. The maximum Gasteiger partial charge on any atom is -0.00264 e. The first-order valence-corrected chi connectivity index (χ1v) is 22.1. The van der Waals surface area contributed by atoms with Crippen LogP contribution in [-0.2, 0) is 0 Å². The van der Waals surface area contributed by atoms with Gasteiger partial charge in [0.05, 0.1) is 0 Å². The molecule has 0 aliphatic carbocycles. The molecule has 0 fully saturated rings. The molecule has 0 atom stereocenters. The summed E-state index contributed by atoms with van der Waals surface area (Å²) in [5.74, 6) is 0. The van der Waals surface area contributed by atoms with Crippen LogP contribution in [0.5, 0.6) is 0 Å². The molecule has 300 valence electrons. The number of fused-ring (bicyclic) bond motifs is 2. The Hall–Kier alpha value is -8.32. The summed E-state index contributed by atoms with van der Waals surface area (Å²) in [4.78, 5) is 0. The van der Waals surface area contributed by atoms with Gasteiger partial charge in [-0.15, -0.1) is 0 Å². The normalized spacial score (nSPS) is 11.1. The molecule has 0 radical (unpaired) electrons. The molecule has 0 aromatic heterocycles. The molecular formula is C64H44. The van der Waals surface area contributed by atoms with Gasteiger partial charge in [-0.1, -0.05) is 249 Å². The Bertz CT molecular complexity index is 3250. The van der Waals surface area contributed by atoms with Crippen molar-refractivity contribution in [3.63, 3.8) is 0 Å². The monoisotopic (exact) mass is 812 g/mol. The Kier molecular flexibility index (Phi) is 10.4. The van der Waals surface area contributed by atoms with Gasteiger partial charge in [-0.3, -0.25) is 0 Å². The lowest BCUT2D eigenvalue weighted by Gasteiger charge is -2.20. The van der Waals surface area contributed by atoms with Crippen LogP contribution in [0.1, 0.15) is 22.3 Å². The predicted molar refractivity (Wildman–Crippen MR) is 273 cm³/mol. The van der Waals surface area contributed by atoms with Crippen molar-refractivity contribution in [1.29, 1.82) is 0 Å². The van der Waals surface area contributed by atoms with E-state index >= 15 is 0 Å². The maximum atomic E-state index is 2.32. The molecule has 0 amide bonds. The first-order valence-electron chi connectivity index (χ1n) is 22.1. The smallest absolute Gasteiger partial charge is 0.00264 e. The summed E-state index contributed by atoms with van der Waals surface area (Å²) in [6, 6.07) is 97.1. The Labute approximate surface area is 375 Å². The highest BCUT2D eigenvalue weighted by atomic mass is 14.2. The van der Waals surface area contributed by atoms with Gasteiger partial charge in [0.15, 0.2) is 0 Å². The van der Waals surface area contributed by atoms with Gasteiger partial charge in [0.1, 0.15) is 0 Å². The lowest BCUT2D eigenvalue weighted by Crippen LogP contribution is -1.97. The summed E-state index contributed by atoms with van der Waals surface area (Å²) in [5, 5.41) is 4.96. The van der Waals surface area contributed by atoms with Gasteiger partial charge < -0.3 is 0 Å². The molecule has 11 rings (SSSR count). The van der Waals surface area contributed by atoms with E-state index in [1.165, 1.54) is 111 Å². The molecule has 0 heteroatoms. The van der Waals surface area contributed by atoms with E-state index in [4.69, 9.17) is 0 Å². The summed E-state index contributed by atoms with van der Waals surface area (Å²) in [7, 11) is 0. The van der Waals surface area contributed by atoms with Crippen LogP contribution in [0.2, 0.25) is 0 Å². The quantitative estimate of drug-likeness (QED) is 0.101. The first kappa shape index (κ1) is 38.6. The summed E-state index contributed by atoms with van der Waals surface area (Å²) in [6.45, 7) is 0. The summed E-state index contributed by atoms with van der Waals surface area (Å²) in [5.41, 5.74) is 19.3. The van der Waals surface area contributed by atoms with Crippen LogP contribution < -0.4 is 0 Å². The van der Waals surface area contributed by atoms with Crippen LogP contribution >= 0.6 is 0 Å². The Morgan fingerprint density at radius 2 is 0.406 bits per heavy atom. The molecule has 0 saturated carbocycles. The van der Waals surface area contributed by atoms with Gasteiger partial charge >= 0.3 is 0 Å². The van der Waals surface area contributed by atoms with Gasteiger partial charge in [0.2, 0.25) is 0 Å². The summed E-state index contributed by atoms with van der Waals surface area (Å²) < 4.78 is 0. The molecule has 11 aromatic carbocycles. The molecular weight excluding hydrogens is 769 g/mol. The number of hydrogen-bond donors (Lipinski definition) is 0. The highest BCUT2D eigenvalue weighted by Gasteiger charge is 2.19. The molecule has 0 saturated heterocycles. The highest BCUT2D eigenvalue weighted by Crippen LogP contribution is 2.45. The van der Waals surface area contributed by atoms with Crippen molar-refractivity contribution in [3.05, 3.63) is 289 Å². The lowest BCUT2D eigenvalue weighted by atomic mass is 9.83. The molecule has 0 bridgehead atoms. The van der Waals surface area contributed by atoms with Gasteiger partial charge in [-0.25, -0.2) is 0 Å². The van der Waals surface area contributed by atoms with Crippen LogP contribution in [-0.4, -0.2) is 0 Å². The average Bonchev–Trinajstić information content (AvgIpc) is 3.38. The molecule has 11 aromatic rings. The lowest BCUT2D eigenvalue weighted by molar-refractivity contribution is 1.50. The van der Waals surface area contributed by atoms with Crippen molar-refractivity contribution < 1.29 is 0 Å². The van der Waals surface area contributed by atoms with E-state index < -0.39 is 0 Å². The minimum absolute atomic E-state index is 1.17. The molecule has 0 aliphatic heterocycles. The molecule has 0 nitrogen and oxygen atoms in total. The van der Waals surface area contributed by atoms with E-state index in [2.05, 4.69) is 267 Å². The van der Waals surface area contributed by atoms with Crippen LogP contribution in [0.3, 0.4) is 0 Å². The van der Waals surface area contributed by atoms with E-state index in [1.807, 2.05) is 0 Å². The molecule has 64 heavy (non-hydrogen) atoms. The topological polar surface area (TPSA) is 0 Å².